The number of benzene rings is 2. The number of aromatic nitrogens is 2. The smallest absolute Gasteiger partial charge is 0.324 e. The van der Waals surface area contributed by atoms with Crippen molar-refractivity contribution in [2.75, 3.05) is 11.4 Å². The molecule has 8 heteroatoms. The summed E-state index contributed by atoms with van der Waals surface area (Å²) >= 11 is 0. The summed E-state index contributed by atoms with van der Waals surface area (Å²) < 4.78 is 7.32. The van der Waals surface area contributed by atoms with Crippen LogP contribution in [0.1, 0.15) is 11.3 Å². The normalized spacial score (nSPS) is 13.7. The van der Waals surface area contributed by atoms with Crippen molar-refractivity contribution < 1.29 is 14.0 Å². The molecular weight excluding hydrogens is 406 g/mol. The third-order valence-electron chi connectivity index (χ3n) is 5.58. The van der Waals surface area contributed by atoms with E-state index in [1.54, 1.807) is 23.3 Å². The Morgan fingerprint density at radius 3 is 2.62 bits per heavy atom. The zero-order valence-corrected chi connectivity index (χ0v) is 17.4. The van der Waals surface area contributed by atoms with Crippen molar-refractivity contribution in [3.63, 3.8) is 0 Å². The van der Waals surface area contributed by atoms with Crippen molar-refractivity contribution in [2.24, 2.45) is 0 Å². The summed E-state index contributed by atoms with van der Waals surface area (Å²) in [5.74, 6) is 0.973. The van der Waals surface area contributed by atoms with Crippen molar-refractivity contribution in [3.05, 3.63) is 84.3 Å². The summed E-state index contributed by atoms with van der Waals surface area (Å²) in [6, 6.07) is 19.9. The van der Waals surface area contributed by atoms with Gasteiger partial charge in [0.15, 0.2) is 0 Å². The zero-order valence-electron chi connectivity index (χ0n) is 17.4. The highest BCUT2D eigenvalue weighted by Crippen LogP contribution is 2.27. The monoisotopic (exact) mass is 429 g/mol. The van der Waals surface area contributed by atoms with E-state index in [9.17, 15) is 9.59 Å². The van der Waals surface area contributed by atoms with Gasteiger partial charge < -0.3 is 19.6 Å². The molecular formula is C24H23N5O3. The van der Waals surface area contributed by atoms with Crippen LogP contribution in [0, 0.1) is 0 Å². The molecule has 32 heavy (non-hydrogen) atoms. The van der Waals surface area contributed by atoms with Crippen LogP contribution in [0.15, 0.2) is 77.4 Å². The number of imidazole rings is 1. The number of fused-ring (bicyclic) bond motifs is 3. The second kappa shape index (κ2) is 8.58. The minimum absolute atomic E-state index is 0.256. The summed E-state index contributed by atoms with van der Waals surface area (Å²) in [6.45, 7) is 1.43. The Labute approximate surface area is 184 Å². The van der Waals surface area contributed by atoms with Gasteiger partial charge in [0, 0.05) is 19.5 Å². The van der Waals surface area contributed by atoms with Crippen LogP contribution in [0.2, 0.25) is 0 Å². The maximum atomic E-state index is 13.2. The van der Waals surface area contributed by atoms with Crippen LogP contribution in [-0.4, -0.2) is 34.1 Å². The summed E-state index contributed by atoms with van der Waals surface area (Å²) in [5.41, 5.74) is 2.80. The molecule has 2 N–H and O–H groups in total. The summed E-state index contributed by atoms with van der Waals surface area (Å²) in [7, 11) is 0. The third kappa shape index (κ3) is 3.94. The van der Waals surface area contributed by atoms with Crippen LogP contribution in [0.5, 0.6) is 0 Å². The molecule has 1 aliphatic heterocycles. The summed E-state index contributed by atoms with van der Waals surface area (Å²) in [4.78, 5) is 32.4. The predicted octanol–water partition coefficient (Wildman–Crippen LogP) is 3.09. The van der Waals surface area contributed by atoms with E-state index in [0.717, 1.165) is 16.6 Å². The quantitative estimate of drug-likeness (QED) is 0.493. The molecule has 0 saturated heterocycles. The second-order valence-corrected chi connectivity index (χ2v) is 7.69. The number of hydrogen-bond donors (Lipinski definition) is 2. The van der Waals surface area contributed by atoms with Crippen LogP contribution < -0.4 is 15.5 Å². The highest BCUT2D eigenvalue weighted by Gasteiger charge is 2.31. The largest absolute Gasteiger partial charge is 0.467 e. The van der Waals surface area contributed by atoms with Crippen LogP contribution >= 0.6 is 0 Å². The van der Waals surface area contributed by atoms with Gasteiger partial charge in [0.05, 0.1) is 23.8 Å². The Kier molecular flexibility index (Phi) is 5.33. The van der Waals surface area contributed by atoms with E-state index in [1.165, 1.54) is 0 Å². The standard InChI is InChI=1S/C24H23N5O3/c30-22(25-16-18-9-6-14-32-18)20(15-17-7-2-1-3-8-17)27-24(31)29-13-12-28-21-11-5-4-10-19(21)26-23(28)29/h1-11,14,20H,12-13,15-16H2,(H,25,30)(H,27,31). The lowest BCUT2D eigenvalue weighted by Gasteiger charge is -2.22. The zero-order chi connectivity index (χ0) is 21.9. The molecule has 5 rings (SSSR count). The number of hydrogen-bond acceptors (Lipinski definition) is 4. The van der Waals surface area contributed by atoms with Crippen LogP contribution in [0.25, 0.3) is 11.0 Å². The number of nitrogens with one attached hydrogen (secondary N) is 2. The molecule has 0 aliphatic carbocycles. The van der Waals surface area contributed by atoms with Gasteiger partial charge >= 0.3 is 6.03 Å². The topological polar surface area (TPSA) is 92.4 Å². The second-order valence-electron chi connectivity index (χ2n) is 7.69. The molecule has 2 aromatic carbocycles. The lowest BCUT2D eigenvalue weighted by Crippen LogP contribution is -2.52. The first-order valence-electron chi connectivity index (χ1n) is 10.6. The first-order chi connectivity index (χ1) is 15.7. The van der Waals surface area contributed by atoms with E-state index in [2.05, 4.69) is 15.6 Å². The number of amides is 3. The van der Waals surface area contributed by atoms with E-state index in [-0.39, 0.29) is 18.5 Å². The maximum Gasteiger partial charge on any atom is 0.324 e. The number of nitrogens with zero attached hydrogens (tertiary/aromatic N) is 3. The molecule has 0 fully saturated rings. The molecule has 8 nitrogen and oxygen atoms in total. The minimum Gasteiger partial charge on any atom is -0.467 e. The van der Waals surface area contributed by atoms with Gasteiger partial charge in [0.1, 0.15) is 11.8 Å². The van der Waals surface area contributed by atoms with Gasteiger partial charge in [0.2, 0.25) is 11.9 Å². The first-order valence-corrected chi connectivity index (χ1v) is 10.6. The Bertz CT molecular complexity index is 1230. The molecule has 0 bridgehead atoms. The Morgan fingerprint density at radius 1 is 1.00 bits per heavy atom. The maximum absolute atomic E-state index is 13.2. The van der Waals surface area contributed by atoms with Crippen molar-refractivity contribution in [1.82, 2.24) is 20.2 Å². The van der Waals surface area contributed by atoms with Crippen molar-refractivity contribution in [2.45, 2.75) is 25.6 Å². The van der Waals surface area contributed by atoms with E-state index in [4.69, 9.17) is 4.42 Å². The fraction of sp³-hybridized carbons (Fsp3) is 0.208. The fourth-order valence-electron chi connectivity index (χ4n) is 3.98. The van der Waals surface area contributed by atoms with E-state index >= 15 is 0 Å². The number of furan rings is 1. The number of carbonyl (C=O) groups is 2. The number of anilines is 1. The number of rotatable bonds is 6. The third-order valence-corrected chi connectivity index (χ3v) is 5.58. The highest BCUT2D eigenvalue weighted by molar-refractivity contribution is 5.96. The molecule has 1 unspecified atom stereocenters. The van der Waals surface area contributed by atoms with Gasteiger partial charge in [-0.3, -0.25) is 9.69 Å². The van der Waals surface area contributed by atoms with E-state index in [0.29, 0.717) is 31.2 Å². The lowest BCUT2D eigenvalue weighted by atomic mass is 10.1. The molecule has 0 spiro atoms. The molecule has 2 aromatic heterocycles. The average Bonchev–Trinajstić information content (AvgIpc) is 3.54. The minimum atomic E-state index is -0.738. The van der Waals surface area contributed by atoms with Gasteiger partial charge in [-0.05, 0) is 29.8 Å². The molecule has 0 saturated carbocycles. The SMILES string of the molecule is O=C(NCc1ccco1)C(Cc1ccccc1)NC(=O)N1CCn2c1nc1ccccc12. The van der Waals surface area contributed by atoms with Gasteiger partial charge in [-0.2, -0.15) is 0 Å². The van der Waals surface area contributed by atoms with Crippen LogP contribution in [0.3, 0.4) is 0 Å². The first kappa shape index (κ1) is 19.9. The van der Waals surface area contributed by atoms with Crippen molar-refractivity contribution in [3.8, 4) is 0 Å². The van der Waals surface area contributed by atoms with Crippen LogP contribution in [-0.2, 0) is 24.3 Å². The molecule has 1 aliphatic rings. The van der Waals surface area contributed by atoms with Crippen molar-refractivity contribution >= 4 is 28.9 Å². The molecule has 3 heterocycles. The molecule has 3 amide bonds. The molecule has 1 atom stereocenters. The van der Waals surface area contributed by atoms with Gasteiger partial charge in [-0.1, -0.05) is 42.5 Å². The Balaban J connectivity index is 1.34. The number of carbonyl (C=O) groups excluding carboxylic acids is 2. The summed E-state index contributed by atoms with van der Waals surface area (Å²) in [5, 5.41) is 5.77. The molecule has 4 aromatic rings. The Hall–Kier alpha value is -4.07. The van der Waals surface area contributed by atoms with E-state index in [1.807, 2.05) is 59.2 Å². The van der Waals surface area contributed by atoms with Crippen molar-refractivity contribution in [1.29, 1.82) is 0 Å². The highest BCUT2D eigenvalue weighted by atomic mass is 16.3. The molecule has 0 radical (unpaired) electrons. The number of para-hydroxylation sites is 2. The van der Waals surface area contributed by atoms with E-state index < -0.39 is 6.04 Å². The average molecular weight is 429 g/mol. The lowest BCUT2D eigenvalue weighted by molar-refractivity contribution is -0.123. The fourth-order valence-corrected chi connectivity index (χ4v) is 3.98. The van der Waals surface area contributed by atoms with Gasteiger partial charge in [-0.25, -0.2) is 9.78 Å². The van der Waals surface area contributed by atoms with Crippen LogP contribution in [0.4, 0.5) is 10.7 Å². The molecule has 162 valence electrons. The predicted molar refractivity (Wildman–Crippen MR) is 120 cm³/mol. The number of urea groups is 1. The van der Waals surface area contributed by atoms with Gasteiger partial charge in [0.25, 0.3) is 0 Å². The Morgan fingerprint density at radius 2 is 1.81 bits per heavy atom. The van der Waals surface area contributed by atoms with Gasteiger partial charge in [-0.15, -0.1) is 0 Å². The summed E-state index contributed by atoms with van der Waals surface area (Å²) in [6.07, 6.45) is 1.94.